The van der Waals surface area contributed by atoms with Gasteiger partial charge in [-0.25, -0.2) is 4.90 Å². The molecule has 138 valence electrons. The number of hydrogen-bond donors (Lipinski definition) is 1. The van der Waals surface area contributed by atoms with Crippen LogP contribution >= 0.6 is 46.4 Å². The molecule has 0 unspecified atom stereocenters. The Kier molecular flexibility index (Phi) is 5.44. The molecule has 2 aromatic rings. The van der Waals surface area contributed by atoms with Gasteiger partial charge in [0.25, 0.3) is 5.91 Å². The van der Waals surface area contributed by atoms with E-state index in [1.54, 1.807) is 0 Å². The number of carbonyl (C=O) groups excluding carboxylic acids is 4. The van der Waals surface area contributed by atoms with Crippen LogP contribution in [0.5, 0.6) is 0 Å². The van der Waals surface area contributed by atoms with Gasteiger partial charge in [0.15, 0.2) is 5.92 Å². The minimum absolute atomic E-state index is 0.0150. The van der Waals surface area contributed by atoms with Crippen LogP contribution in [0.25, 0.3) is 0 Å². The molecule has 10 heteroatoms. The number of carbonyl (C=O) groups is 4. The first-order valence-corrected chi connectivity index (χ1v) is 8.85. The van der Waals surface area contributed by atoms with Crippen molar-refractivity contribution >= 4 is 81.3 Å². The lowest BCUT2D eigenvalue weighted by atomic mass is 10.1. The van der Waals surface area contributed by atoms with E-state index in [1.165, 1.54) is 36.4 Å². The summed E-state index contributed by atoms with van der Waals surface area (Å²) in [5, 5.41) is 3.06. The molecule has 3 amide bonds. The number of ketones is 1. The maximum Gasteiger partial charge on any atom is 0.302 e. The van der Waals surface area contributed by atoms with E-state index < -0.39 is 29.4 Å². The van der Waals surface area contributed by atoms with E-state index in [0.717, 1.165) is 0 Å². The molecule has 0 saturated carbocycles. The summed E-state index contributed by atoms with van der Waals surface area (Å²) in [5.74, 6) is -6.19. The number of halogens is 4. The fraction of sp³-hybridized carbons (Fsp3) is 0.0588. The monoisotopic (exact) mass is 444 g/mol. The molecular formula is C17H8Cl4N2O4. The van der Waals surface area contributed by atoms with Crippen molar-refractivity contribution in [3.05, 3.63) is 56.5 Å². The second-order valence-electron chi connectivity index (χ2n) is 5.49. The van der Waals surface area contributed by atoms with Gasteiger partial charge in [0.05, 0.1) is 21.4 Å². The molecule has 3 rings (SSSR count). The number of hydrogen-bond acceptors (Lipinski definition) is 4. The molecule has 6 nitrogen and oxygen atoms in total. The van der Waals surface area contributed by atoms with Crippen molar-refractivity contribution in [1.29, 1.82) is 0 Å². The van der Waals surface area contributed by atoms with Crippen LogP contribution in [0.1, 0.15) is 0 Å². The van der Waals surface area contributed by atoms with Gasteiger partial charge < -0.3 is 5.32 Å². The molecule has 0 aliphatic carbocycles. The number of amides is 3. The Balaban J connectivity index is 1.90. The van der Waals surface area contributed by atoms with Gasteiger partial charge in [0.2, 0.25) is 11.7 Å². The van der Waals surface area contributed by atoms with Crippen LogP contribution in [0.4, 0.5) is 11.4 Å². The molecule has 1 N–H and O–H groups in total. The maximum absolute atomic E-state index is 12.6. The van der Waals surface area contributed by atoms with Gasteiger partial charge in [0.1, 0.15) is 0 Å². The van der Waals surface area contributed by atoms with Crippen molar-refractivity contribution in [3.63, 3.8) is 0 Å². The molecule has 1 atom stereocenters. The van der Waals surface area contributed by atoms with Gasteiger partial charge in [-0.15, -0.1) is 0 Å². The first-order valence-electron chi connectivity index (χ1n) is 7.34. The highest BCUT2D eigenvalue weighted by Gasteiger charge is 2.52. The van der Waals surface area contributed by atoms with Gasteiger partial charge in [-0.2, -0.15) is 0 Å². The van der Waals surface area contributed by atoms with Crippen LogP contribution in [0.3, 0.4) is 0 Å². The third-order valence-corrected chi connectivity index (χ3v) is 4.83. The lowest BCUT2D eigenvalue weighted by Gasteiger charge is -2.15. The normalized spacial score (nSPS) is 16.8. The summed E-state index contributed by atoms with van der Waals surface area (Å²) in [6, 6.07) is 8.26. The molecule has 27 heavy (non-hydrogen) atoms. The standard InChI is InChI=1S/C17H8Cl4N2O4/c18-7-1-3-11(9(20)5-7)22-15(25)13-14(24)17(27)23(16(13)26)12-4-2-8(19)6-10(12)21/h1-6,13H,(H,22,25)/t13-/m1/s1. The second kappa shape index (κ2) is 7.48. The number of rotatable bonds is 3. The number of Topliss-reactive ketones (excluding diaryl/α,β-unsaturated/α-hetero) is 1. The quantitative estimate of drug-likeness (QED) is 0.439. The third kappa shape index (κ3) is 3.66. The molecule has 1 heterocycles. The Morgan fingerprint density at radius 3 is 2.07 bits per heavy atom. The first kappa shape index (κ1) is 19.6. The van der Waals surface area contributed by atoms with E-state index in [0.29, 0.717) is 9.92 Å². The van der Waals surface area contributed by atoms with Crippen LogP contribution in [-0.4, -0.2) is 23.5 Å². The van der Waals surface area contributed by atoms with E-state index >= 15 is 0 Å². The average Bonchev–Trinajstić information content (AvgIpc) is 2.80. The topological polar surface area (TPSA) is 83.6 Å². The Bertz CT molecular complexity index is 1010. The molecular weight excluding hydrogens is 438 g/mol. The van der Waals surface area contributed by atoms with Crippen molar-refractivity contribution in [3.8, 4) is 0 Å². The van der Waals surface area contributed by atoms with E-state index in [9.17, 15) is 19.2 Å². The zero-order valence-corrected chi connectivity index (χ0v) is 16.2. The number of anilines is 2. The molecule has 0 spiro atoms. The fourth-order valence-electron chi connectivity index (χ4n) is 2.49. The smallest absolute Gasteiger partial charge is 0.302 e. The lowest BCUT2D eigenvalue weighted by Crippen LogP contribution is -2.35. The first-order chi connectivity index (χ1) is 12.7. The summed E-state index contributed by atoms with van der Waals surface area (Å²) in [6.07, 6.45) is 0. The van der Waals surface area contributed by atoms with Crippen molar-refractivity contribution in [2.45, 2.75) is 0 Å². The van der Waals surface area contributed by atoms with E-state index in [2.05, 4.69) is 5.32 Å². The van der Waals surface area contributed by atoms with Crippen molar-refractivity contribution in [2.24, 2.45) is 5.92 Å². The molecule has 2 aromatic carbocycles. The predicted octanol–water partition coefficient (Wildman–Crippen LogP) is 4.00. The van der Waals surface area contributed by atoms with Gasteiger partial charge in [-0.3, -0.25) is 19.2 Å². The summed E-state index contributed by atoms with van der Waals surface area (Å²) in [5.41, 5.74) is 0.103. The summed E-state index contributed by atoms with van der Waals surface area (Å²) in [6.45, 7) is 0. The van der Waals surface area contributed by atoms with Crippen LogP contribution in [0.15, 0.2) is 36.4 Å². The zero-order valence-electron chi connectivity index (χ0n) is 13.1. The predicted molar refractivity (Wildman–Crippen MR) is 103 cm³/mol. The number of nitrogens with one attached hydrogen (secondary N) is 1. The number of imide groups is 1. The molecule has 0 aromatic heterocycles. The van der Waals surface area contributed by atoms with E-state index in [4.69, 9.17) is 46.4 Å². The highest BCUT2D eigenvalue weighted by molar-refractivity contribution is 6.60. The van der Waals surface area contributed by atoms with E-state index in [1.807, 2.05) is 0 Å². The Labute approximate surface area is 172 Å². The Morgan fingerprint density at radius 1 is 0.889 bits per heavy atom. The van der Waals surface area contributed by atoms with Crippen molar-refractivity contribution in [1.82, 2.24) is 0 Å². The molecule has 0 bridgehead atoms. The molecule has 0 radical (unpaired) electrons. The van der Waals surface area contributed by atoms with Gasteiger partial charge in [-0.1, -0.05) is 46.4 Å². The highest BCUT2D eigenvalue weighted by Crippen LogP contribution is 2.33. The zero-order chi connectivity index (χ0) is 19.9. The molecule has 1 aliphatic heterocycles. The molecule has 1 saturated heterocycles. The van der Waals surface area contributed by atoms with Crippen LogP contribution in [0, 0.1) is 5.92 Å². The SMILES string of the molecule is O=C(Nc1ccc(Cl)cc1Cl)[C@H]1C(=O)C(=O)N(c2ccc(Cl)cc2Cl)C1=O. The van der Waals surface area contributed by atoms with Crippen LogP contribution in [0.2, 0.25) is 20.1 Å². The van der Waals surface area contributed by atoms with Crippen LogP contribution in [-0.2, 0) is 19.2 Å². The summed E-state index contributed by atoms with van der Waals surface area (Å²) in [7, 11) is 0. The third-order valence-electron chi connectivity index (χ3n) is 3.75. The highest BCUT2D eigenvalue weighted by atomic mass is 35.5. The Morgan fingerprint density at radius 2 is 1.48 bits per heavy atom. The molecule has 1 aliphatic rings. The van der Waals surface area contributed by atoms with Crippen molar-refractivity contribution in [2.75, 3.05) is 10.2 Å². The minimum Gasteiger partial charge on any atom is -0.324 e. The summed E-state index contributed by atoms with van der Waals surface area (Å²) >= 11 is 23.5. The van der Waals surface area contributed by atoms with Crippen LogP contribution < -0.4 is 10.2 Å². The van der Waals surface area contributed by atoms with Crippen molar-refractivity contribution < 1.29 is 19.2 Å². The minimum atomic E-state index is -1.85. The second-order valence-corrected chi connectivity index (χ2v) is 7.17. The lowest BCUT2D eigenvalue weighted by molar-refractivity contribution is -0.139. The van der Waals surface area contributed by atoms with E-state index in [-0.39, 0.29) is 26.4 Å². The fourth-order valence-corrected chi connectivity index (χ4v) is 3.44. The summed E-state index contributed by atoms with van der Waals surface area (Å²) < 4.78 is 0. The van der Waals surface area contributed by atoms with Gasteiger partial charge in [0, 0.05) is 10.0 Å². The number of nitrogens with zero attached hydrogens (tertiary/aromatic N) is 1. The summed E-state index contributed by atoms with van der Waals surface area (Å²) in [4.78, 5) is 50.2. The number of benzene rings is 2. The van der Waals surface area contributed by atoms with Gasteiger partial charge in [-0.05, 0) is 36.4 Å². The largest absolute Gasteiger partial charge is 0.324 e. The molecule has 1 fully saturated rings. The van der Waals surface area contributed by atoms with Gasteiger partial charge >= 0.3 is 5.91 Å². The average molecular weight is 446 g/mol. The maximum atomic E-state index is 12.6. The Hall–Kier alpha value is -2.12.